The largest absolute Gasteiger partial charge is 2.00 e. The molecule has 0 aliphatic rings. The molecule has 0 heterocycles. The number of carbonyl (C=O) groups excluding carboxylic acids is 2. The Morgan fingerprint density at radius 2 is 1.17 bits per heavy atom. The summed E-state index contributed by atoms with van der Waals surface area (Å²) in [6.45, 7) is 0. The summed E-state index contributed by atoms with van der Waals surface area (Å²) in [6.07, 6.45) is -4.88. The van der Waals surface area contributed by atoms with E-state index in [0.717, 1.165) is 0 Å². The summed E-state index contributed by atoms with van der Waals surface area (Å²) >= 11 is 0. The van der Waals surface area contributed by atoms with E-state index in [-0.39, 0.29) is 23.2 Å². The molecule has 0 radical (unpaired) electrons. The number of hydrogen-bond acceptors (Lipinski definition) is 7. The SMILES string of the molecule is N.O=C([O-])C(O)C(O)C(=O)[O-].[Fe+2]. The quantitative estimate of drug-likeness (QED) is 0.404. The van der Waals surface area contributed by atoms with Crippen molar-refractivity contribution in [2.45, 2.75) is 12.2 Å². The van der Waals surface area contributed by atoms with E-state index in [1.54, 1.807) is 0 Å². The van der Waals surface area contributed by atoms with Gasteiger partial charge in [0.25, 0.3) is 0 Å². The van der Waals surface area contributed by atoms with E-state index in [4.69, 9.17) is 10.2 Å². The van der Waals surface area contributed by atoms with Crippen molar-refractivity contribution in [1.82, 2.24) is 6.15 Å². The zero-order valence-corrected chi connectivity index (χ0v) is 6.85. The third-order valence-corrected chi connectivity index (χ3v) is 0.782. The van der Waals surface area contributed by atoms with Gasteiger partial charge in [-0.15, -0.1) is 0 Å². The van der Waals surface area contributed by atoms with Gasteiger partial charge in [-0.05, 0) is 0 Å². The molecule has 0 bridgehead atoms. The summed E-state index contributed by atoms with van der Waals surface area (Å²) in [6, 6.07) is 0. The van der Waals surface area contributed by atoms with Gasteiger partial charge in [0.1, 0.15) is 12.2 Å². The summed E-state index contributed by atoms with van der Waals surface area (Å²) in [5.41, 5.74) is 0. The van der Waals surface area contributed by atoms with Crippen LogP contribution in [0, 0.1) is 0 Å². The Bertz CT molecular complexity index is 144. The van der Waals surface area contributed by atoms with Crippen LogP contribution in [0.5, 0.6) is 0 Å². The molecule has 8 heteroatoms. The minimum absolute atomic E-state index is 0. The van der Waals surface area contributed by atoms with Gasteiger partial charge in [0.2, 0.25) is 0 Å². The summed E-state index contributed by atoms with van der Waals surface area (Å²) in [5, 5.41) is 35.7. The van der Waals surface area contributed by atoms with E-state index in [9.17, 15) is 19.8 Å². The molecule has 7 nitrogen and oxygen atoms in total. The van der Waals surface area contributed by atoms with Gasteiger partial charge in [0.15, 0.2) is 0 Å². The molecule has 0 fully saturated rings. The Labute approximate surface area is 78.1 Å². The van der Waals surface area contributed by atoms with Gasteiger partial charge >= 0.3 is 17.1 Å². The topological polar surface area (TPSA) is 156 Å². The maximum absolute atomic E-state index is 9.63. The van der Waals surface area contributed by atoms with Crippen molar-refractivity contribution in [1.29, 1.82) is 0 Å². The molecule has 0 saturated heterocycles. The number of carboxylic acids is 2. The van der Waals surface area contributed by atoms with Gasteiger partial charge in [0, 0.05) is 0 Å². The van der Waals surface area contributed by atoms with Crippen molar-refractivity contribution in [2.24, 2.45) is 0 Å². The molecule has 0 aromatic rings. The maximum atomic E-state index is 9.63. The second-order valence-electron chi connectivity index (χ2n) is 1.53. The van der Waals surface area contributed by atoms with Gasteiger partial charge in [0.05, 0.1) is 11.9 Å². The first-order valence-corrected chi connectivity index (χ1v) is 2.24. The standard InChI is InChI=1S/C4H6O6.Fe.H3N/c5-1(3(7)8)2(6)4(9)10;;/h1-2,5-6H,(H,7,8)(H,9,10);;1H3/q;+2;/p-2. The van der Waals surface area contributed by atoms with E-state index >= 15 is 0 Å². The molecule has 0 amide bonds. The van der Waals surface area contributed by atoms with Crippen molar-refractivity contribution in [3.05, 3.63) is 0 Å². The van der Waals surface area contributed by atoms with Crippen molar-refractivity contribution in [3.63, 3.8) is 0 Å². The fraction of sp³-hybridized carbons (Fsp3) is 0.500. The van der Waals surface area contributed by atoms with E-state index in [1.165, 1.54) is 0 Å². The Kier molecular flexibility index (Phi) is 10.2. The predicted molar refractivity (Wildman–Crippen MR) is 27.0 cm³/mol. The van der Waals surface area contributed by atoms with Gasteiger partial charge in [-0.25, -0.2) is 0 Å². The third-order valence-electron chi connectivity index (χ3n) is 0.782. The normalized spacial score (nSPS) is 13.2. The van der Waals surface area contributed by atoms with Gasteiger partial charge < -0.3 is 36.2 Å². The number of aliphatic carboxylic acids is 2. The Morgan fingerprint density at radius 3 is 1.25 bits per heavy atom. The fourth-order valence-corrected chi connectivity index (χ4v) is 0.258. The van der Waals surface area contributed by atoms with Crippen LogP contribution in [0.15, 0.2) is 0 Å². The fourth-order valence-electron chi connectivity index (χ4n) is 0.258. The van der Waals surface area contributed by atoms with Crippen LogP contribution in [0.2, 0.25) is 0 Å². The van der Waals surface area contributed by atoms with Crippen molar-refractivity contribution in [3.8, 4) is 0 Å². The Hall–Kier alpha value is -0.661. The molecule has 5 N–H and O–H groups in total. The number of aliphatic hydroxyl groups excluding tert-OH is 2. The van der Waals surface area contributed by atoms with Crippen molar-refractivity contribution >= 4 is 11.9 Å². The summed E-state index contributed by atoms with van der Waals surface area (Å²) in [7, 11) is 0. The van der Waals surface area contributed by atoms with Crippen LogP contribution in [0.25, 0.3) is 0 Å². The molecular formula is C4H7FeNO6. The van der Waals surface area contributed by atoms with Crippen LogP contribution in [-0.4, -0.2) is 34.4 Å². The molecule has 0 aliphatic carbocycles. The average molecular weight is 221 g/mol. The number of hydrogen-bond donors (Lipinski definition) is 3. The minimum atomic E-state index is -2.44. The Morgan fingerprint density at radius 1 is 1.00 bits per heavy atom. The second-order valence-corrected chi connectivity index (χ2v) is 1.53. The van der Waals surface area contributed by atoms with Crippen molar-refractivity contribution in [2.75, 3.05) is 0 Å². The molecule has 0 saturated carbocycles. The summed E-state index contributed by atoms with van der Waals surface area (Å²) in [5.74, 6) is -4.12. The molecule has 0 aliphatic heterocycles. The first-order valence-electron chi connectivity index (χ1n) is 2.24. The van der Waals surface area contributed by atoms with E-state index in [1.807, 2.05) is 0 Å². The average Bonchev–Trinajstić information content (AvgIpc) is 1.84. The molecule has 2 unspecified atom stereocenters. The first-order chi connectivity index (χ1) is 4.46. The zero-order valence-electron chi connectivity index (χ0n) is 5.74. The van der Waals surface area contributed by atoms with Crippen LogP contribution in [0.4, 0.5) is 0 Å². The molecule has 0 aromatic heterocycles. The number of carbonyl (C=O) groups is 2. The Balaban J connectivity index is -0.000000405. The molecule has 0 rings (SSSR count). The van der Waals surface area contributed by atoms with Gasteiger partial charge in [-0.2, -0.15) is 0 Å². The summed E-state index contributed by atoms with van der Waals surface area (Å²) in [4.78, 5) is 19.3. The summed E-state index contributed by atoms with van der Waals surface area (Å²) < 4.78 is 0. The monoisotopic (exact) mass is 221 g/mol. The van der Waals surface area contributed by atoms with Crippen LogP contribution < -0.4 is 16.4 Å². The number of rotatable bonds is 3. The van der Waals surface area contributed by atoms with E-state index in [0.29, 0.717) is 0 Å². The van der Waals surface area contributed by atoms with Gasteiger partial charge in [-0.1, -0.05) is 0 Å². The van der Waals surface area contributed by atoms with Crippen LogP contribution in [0.1, 0.15) is 0 Å². The van der Waals surface area contributed by atoms with Crippen LogP contribution >= 0.6 is 0 Å². The molecule has 2 atom stereocenters. The van der Waals surface area contributed by atoms with E-state index < -0.39 is 24.1 Å². The first kappa shape index (κ1) is 17.4. The van der Waals surface area contributed by atoms with E-state index in [2.05, 4.69) is 0 Å². The molecule has 12 heavy (non-hydrogen) atoms. The maximum Gasteiger partial charge on any atom is 2.00 e. The third kappa shape index (κ3) is 5.05. The van der Waals surface area contributed by atoms with Crippen molar-refractivity contribution < 1.29 is 47.1 Å². The van der Waals surface area contributed by atoms with Gasteiger partial charge in [-0.3, -0.25) is 0 Å². The molecule has 72 valence electrons. The number of aliphatic hydroxyl groups is 2. The van der Waals surface area contributed by atoms with Crippen LogP contribution in [-0.2, 0) is 26.7 Å². The molecule has 0 aromatic carbocycles. The van der Waals surface area contributed by atoms with Crippen LogP contribution in [0.3, 0.4) is 0 Å². The minimum Gasteiger partial charge on any atom is -0.547 e. The smallest absolute Gasteiger partial charge is 0.547 e. The number of carboxylic acid groups (broad SMARTS) is 2. The zero-order chi connectivity index (χ0) is 8.31. The molecule has 0 spiro atoms. The molecular weight excluding hydrogens is 214 g/mol. The second kappa shape index (κ2) is 7.01. The predicted octanol–water partition coefficient (Wildman–Crippen LogP) is -4.63.